The Kier molecular flexibility index (Phi) is 4.93. The molecule has 1 amide bonds. The number of piperazine rings is 1. The molecule has 9 nitrogen and oxygen atoms in total. The first-order valence-electron chi connectivity index (χ1n) is 9.09. The van der Waals surface area contributed by atoms with Crippen LogP contribution in [0.2, 0.25) is 0 Å². The van der Waals surface area contributed by atoms with E-state index in [0.29, 0.717) is 18.7 Å². The smallest absolute Gasteiger partial charge is 0.254 e. The molecule has 0 bridgehead atoms. The van der Waals surface area contributed by atoms with Gasteiger partial charge in [0.25, 0.3) is 5.91 Å². The molecule has 1 aromatic carbocycles. The van der Waals surface area contributed by atoms with E-state index < -0.39 is 0 Å². The minimum Gasteiger partial charge on any atom is -0.336 e. The molecule has 0 radical (unpaired) electrons. The van der Waals surface area contributed by atoms with E-state index >= 15 is 0 Å². The molecular formula is C18H22N8O. The SMILES string of the molecule is CCn1ccnc1CN1CCN(C(=O)c2cccc(-n3cnnn3)c2)CC1. The molecule has 0 saturated carbocycles. The van der Waals surface area contributed by atoms with Crippen LogP contribution in [0.15, 0.2) is 43.0 Å². The highest BCUT2D eigenvalue weighted by Crippen LogP contribution is 2.14. The molecule has 3 heterocycles. The Morgan fingerprint density at radius 1 is 1.19 bits per heavy atom. The second-order valence-electron chi connectivity index (χ2n) is 6.50. The van der Waals surface area contributed by atoms with E-state index in [2.05, 4.69) is 36.9 Å². The van der Waals surface area contributed by atoms with Crippen LogP contribution in [0.25, 0.3) is 5.69 Å². The van der Waals surface area contributed by atoms with Gasteiger partial charge in [0.15, 0.2) is 0 Å². The molecule has 1 fully saturated rings. The van der Waals surface area contributed by atoms with Crippen LogP contribution in [0.1, 0.15) is 23.1 Å². The fourth-order valence-corrected chi connectivity index (χ4v) is 3.33. The number of carbonyl (C=O) groups is 1. The van der Waals surface area contributed by atoms with Crippen LogP contribution < -0.4 is 0 Å². The molecule has 3 aromatic rings. The van der Waals surface area contributed by atoms with Crippen LogP contribution in [0, 0.1) is 0 Å². The molecule has 0 aliphatic carbocycles. The number of tetrazole rings is 1. The van der Waals surface area contributed by atoms with Crippen molar-refractivity contribution in [2.24, 2.45) is 0 Å². The fraction of sp³-hybridized carbons (Fsp3) is 0.389. The van der Waals surface area contributed by atoms with E-state index in [4.69, 9.17) is 0 Å². The number of amides is 1. The minimum atomic E-state index is 0.0413. The molecule has 27 heavy (non-hydrogen) atoms. The Morgan fingerprint density at radius 3 is 2.78 bits per heavy atom. The Bertz CT molecular complexity index is 896. The topological polar surface area (TPSA) is 85.0 Å². The van der Waals surface area contributed by atoms with Gasteiger partial charge >= 0.3 is 0 Å². The van der Waals surface area contributed by atoms with Gasteiger partial charge in [0, 0.05) is 50.7 Å². The standard InChI is InChI=1S/C18H22N8O/c1-2-24-7-6-19-17(24)13-23-8-10-25(11-9-23)18(27)15-4-3-5-16(12-15)26-14-20-21-22-26/h3-7,12,14H,2,8-11,13H2,1H3. The summed E-state index contributed by atoms with van der Waals surface area (Å²) in [7, 11) is 0. The van der Waals surface area contributed by atoms with Crippen molar-refractivity contribution in [3.8, 4) is 5.69 Å². The quantitative estimate of drug-likeness (QED) is 0.665. The molecule has 140 valence electrons. The average molecular weight is 366 g/mol. The number of imidazole rings is 1. The molecule has 2 aromatic heterocycles. The molecule has 1 aliphatic rings. The molecule has 9 heteroatoms. The van der Waals surface area contributed by atoms with E-state index in [0.717, 1.165) is 37.7 Å². The minimum absolute atomic E-state index is 0.0413. The van der Waals surface area contributed by atoms with Gasteiger partial charge in [0.1, 0.15) is 12.2 Å². The highest BCUT2D eigenvalue weighted by Gasteiger charge is 2.23. The Labute approximate surface area is 157 Å². The highest BCUT2D eigenvalue weighted by molar-refractivity contribution is 5.94. The molecule has 4 rings (SSSR count). The van der Waals surface area contributed by atoms with Crippen molar-refractivity contribution in [3.63, 3.8) is 0 Å². The summed E-state index contributed by atoms with van der Waals surface area (Å²) in [4.78, 5) is 21.6. The van der Waals surface area contributed by atoms with Gasteiger partial charge in [0.2, 0.25) is 0 Å². The van der Waals surface area contributed by atoms with Gasteiger partial charge in [0.05, 0.1) is 12.2 Å². The third kappa shape index (κ3) is 3.72. The van der Waals surface area contributed by atoms with Gasteiger partial charge in [-0.2, -0.15) is 0 Å². The van der Waals surface area contributed by atoms with Crippen LogP contribution in [0.4, 0.5) is 0 Å². The second kappa shape index (κ2) is 7.67. The predicted molar refractivity (Wildman–Crippen MR) is 98.2 cm³/mol. The van der Waals surface area contributed by atoms with E-state index in [1.807, 2.05) is 41.6 Å². The summed E-state index contributed by atoms with van der Waals surface area (Å²) in [5, 5.41) is 11.2. The van der Waals surface area contributed by atoms with Crippen LogP contribution in [-0.4, -0.2) is 71.6 Å². The van der Waals surface area contributed by atoms with Crippen molar-refractivity contribution >= 4 is 5.91 Å². The van der Waals surface area contributed by atoms with Gasteiger partial charge in [-0.05, 0) is 35.5 Å². The lowest BCUT2D eigenvalue weighted by Gasteiger charge is -2.34. The zero-order chi connectivity index (χ0) is 18.6. The lowest BCUT2D eigenvalue weighted by Crippen LogP contribution is -2.48. The third-order valence-electron chi connectivity index (χ3n) is 4.87. The molecular weight excluding hydrogens is 344 g/mol. The van der Waals surface area contributed by atoms with Crippen molar-refractivity contribution in [1.29, 1.82) is 0 Å². The molecule has 0 unspecified atom stereocenters. The number of carbonyl (C=O) groups excluding carboxylic acids is 1. The summed E-state index contributed by atoms with van der Waals surface area (Å²) < 4.78 is 3.70. The summed E-state index contributed by atoms with van der Waals surface area (Å²) in [6, 6.07) is 7.38. The lowest BCUT2D eigenvalue weighted by molar-refractivity contribution is 0.0624. The van der Waals surface area contributed by atoms with Crippen molar-refractivity contribution in [3.05, 3.63) is 54.4 Å². The zero-order valence-corrected chi connectivity index (χ0v) is 15.3. The first-order valence-corrected chi connectivity index (χ1v) is 9.09. The number of aromatic nitrogens is 6. The van der Waals surface area contributed by atoms with Gasteiger partial charge < -0.3 is 9.47 Å². The van der Waals surface area contributed by atoms with Gasteiger partial charge in [-0.25, -0.2) is 9.67 Å². The zero-order valence-electron chi connectivity index (χ0n) is 15.3. The maximum Gasteiger partial charge on any atom is 0.254 e. The maximum absolute atomic E-state index is 12.9. The van der Waals surface area contributed by atoms with Gasteiger partial charge in [-0.1, -0.05) is 6.07 Å². The summed E-state index contributed by atoms with van der Waals surface area (Å²) in [5.41, 5.74) is 1.42. The third-order valence-corrected chi connectivity index (χ3v) is 4.87. The Hall–Kier alpha value is -3.07. The number of nitrogens with zero attached hydrogens (tertiary/aromatic N) is 8. The van der Waals surface area contributed by atoms with Gasteiger partial charge in [-0.15, -0.1) is 5.10 Å². The highest BCUT2D eigenvalue weighted by atomic mass is 16.2. The van der Waals surface area contributed by atoms with Crippen LogP contribution in [-0.2, 0) is 13.1 Å². The van der Waals surface area contributed by atoms with Gasteiger partial charge in [-0.3, -0.25) is 9.69 Å². The average Bonchev–Trinajstić information content (AvgIpc) is 3.40. The molecule has 0 atom stereocenters. The van der Waals surface area contributed by atoms with Crippen molar-refractivity contribution < 1.29 is 4.79 Å². The Balaban J connectivity index is 1.38. The van der Waals surface area contributed by atoms with E-state index in [1.54, 1.807) is 4.68 Å². The lowest BCUT2D eigenvalue weighted by atomic mass is 10.1. The number of aryl methyl sites for hydroxylation is 1. The van der Waals surface area contributed by atoms with E-state index in [-0.39, 0.29) is 5.91 Å². The predicted octanol–water partition coefficient (Wildman–Crippen LogP) is 0.837. The largest absolute Gasteiger partial charge is 0.336 e. The van der Waals surface area contributed by atoms with E-state index in [1.165, 1.54) is 6.33 Å². The normalized spacial score (nSPS) is 15.2. The molecule has 1 saturated heterocycles. The summed E-state index contributed by atoms with van der Waals surface area (Å²) in [5.74, 6) is 1.12. The molecule has 0 spiro atoms. The first-order chi connectivity index (χ1) is 13.2. The second-order valence-corrected chi connectivity index (χ2v) is 6.50. The number of hydrogen-bond acceptors (Lipinski definition) is 6. The first kappa shape index (κ1) is 17.3. The number of rotatable bonds is 5. The molecule has 1 aliphatic heterocycles. The Morgan fingerprint density at radius 2 is 2.04 bits per heavy atom. The summed E-state index contributed by atoms with van der Waals surface area (Å²) in [6.07, 6.45) is 5.37. The van der Waals surface area contributed by atoms with Crippen LogP contribution in [0.5, 0.6) is 0 Å². The van der Waals surface area contributed by atoms with Crippen molar-refractivity contribution in [2.75, 3.05) is 26.2 Å². The van der Waals surface area contributed by atoms with Crippen molar-refractivity contribution in [2.45, 2.75) is 20.0 Å². The molecule has 0 N–H and O–H groups in total. The monoisotopic (exact) mass is 366 g/mol. The fourth-order valence-electron chi connectivity index (χ4n) is 3.33. The van der Waals surface area contributed by atoms with E-state index in [9.17, 15) is 4.79 Å². The number of hydrogen-bond donors (Lipinski definition) is 0. The van der Waals surface area contributed by atoms with Crippen LogP contribution in [0.3, 0.4) is 0 Å². The van der Waals surface area contributed by atoms with Crippen molar-refractivity contribution in [1.82, 2.24) is 39.6 Å². The maximum atomic E-state index is 12.9. The summed E-state index contributed by atoms with van der Waals surface area (Å²) in [6.45, 7) is 6.96. The number of benzene rings is 1. The summed E-state index contributed by atoms with van der Waals surface area (Å²) >= 11 is 0. The van der Waals surface area contributed by atoms with Crippen LogP contribution >= 0.6 is 0 Å².